The van der Waals surface area contributed by atoms with Gasteiger partial charge in [0.1, 0.15) is 5.82 Å². The van der Waals surface area contributed by atoms with Crippen LogP contribution in [0.3, 0.4) is 0 Å². The van der Waals surface area contributed by atoms with Crippen molar-refractivity contribution in [2.24, 2.45) is 0 Å². The van der Waals surface area contributed by atoms with Gasteiger partial charge in [0.2, 0.25) is 0 Å². The van der Waals surface area contributed by atoms with Crippen molar-refractivity contribution in [1.82, 2.24) is 9.80 Å². The highest BCUT2D eigenvalue weighted by molar-refractivity contribution is 5.41. The third-order valence-electron chi connectivity index (χ3n) is 3.86. The summed E-state index contributed by atoms with van der Waals surface area (Å²) in [5, 5.41) is 0. The molecule has 106 valence electrons. The summed E-state index contributed by atoms with van der Waals surface area (Å²) in [4.78, 5) is 4.78. The summed E-state index contributed by atoms with van der Waals surface area (Å²) in [5.74, 6) is -0.251. The molecule has 1 heterocycles. The average molecular weight is 265 g/mol. The second-order valence-corrected chi connectivity index (χ2v) is 5.51. The molecule has 0 spiro atoms. The minimum absolute atomic E-state index is 0.251. The van der Waals surface area contributed by atoms with E-state index in [4.69, 9.17) is 5.73 Å². The lowest BCUT2D eigenvalue weighted by Crippen LogP contribution is -2.38. The van der Waals surface area contributed by atoms with Gasteiger partial charge in [-0.3, -0.25) is 4.90 Å². The molecule has 0 radical (unpaired) electrons. The van der Waals surface area contributed by atoms with Crippen LogP contribution in [0, 0.1) is 5.82 Å². The molecule has 0 amide bonds. The lowest BCUT2D eigenvalue weighted by Gasteiger charge is -2.27. The maximum atomic E-state index is 13.3. The van der Waals surface area contributed by atoms with Gasteiger partial charge in [-0.25, -0.2) is 4.39 Å². The predicted octanol–water partition coefficient (Wildman–Crippen LogP) is 2.32. The highest BCUT2D eigenvalue weighted by atomic mass is 19.1. The first-order valence-corrected chi connectivity index (χ1v) is 7.06. The molecule has 0 saturated carbocycles. The molecule has 1 aromatic rings. The summed E-state index contributed by atoms with van der Waals surface area (Å²) in [6.45, 7) is 6.32. The largest absolute Gasteiger partial charge is 0.399 e. The summed E-state index contributed by atoms with van der Waals surface area (Å²) in [5.41, 5.74) is 7.12. The minimum atomic E-state index is -0.251. The van der Waals surface area contributed by atoms with Gasteiger partial charge < -0.3 is 10.6 Å². The molecular formula is C15H24FN3. The fourth-order valence-electron chi connectivity index (χ4n) is 3.02. The maximum Gasteiger partial charge on any atom is 0.125 e. The number of benzene rings is 1. The Morgan fingerprint density at radius 1 is 1.42 bits per heavy atom. The molecule has 1 aromatic carbocycles. The highest BCUT2D eigenvalue weighted by Gasteiger charge is 2.23. The van der Waals surface area contributed by atoms with Crippen molar-refractivity contribution in [3.63, 3.8) is 0 Å². The Hall–Kier alpha value is -1.13. The van der Waals surface area contributed by atoms with E-state index in [1.807, 2.05) is 6.07 Å². The quantitative estimate of drug-likeness (QED) is 0.829. The first-order chi connectivity index (χ1) is 9.08. The fraction of sp³-hybridized carbons (Fsp3) is 0.600. The normalized spacial score (nSPS) is 20.3. The van der Waals surface area contributed by atoms with Crippen LogP contribution in [0.5, 0.6) is 0 Å². The number of halogens is 1. The van der Waals surface area contributed by atoms with Crippen molar-refractivity contribution in [2.45, 2.75) is 32.4 Å². The zero-order valence-electron chi connectivity index (χ0n) is 11.9. The van der Waals surface area contributed by atoms with Gasteiger partial charge in [-0.05, 0) is 56.7 Å². The average Bonchev–Trinajstić information content (AvgIpc) is 2.74. The third kappa shape index (κ3) is 3.91. The van der Waals surface area contributed by atoms with Crippen LogP contribution in [-0.2, 0) is 6.54 Å². The molecule has 1 saturated heterocycles. The maximum absolute atomic E-state index is 13.3. The van der Waals surface area contributed by atoms with Crippen molar-refractivity contribution in [3.8, 4) is 0 Å². The van der Waals surface area contributed by atoms with E-state index < -0.39 is 0 Å². The topological polar surface area (TPSA) is 32.5 Å². The Labute approximate surface area is 115 Å². The molecule has 1 aliphatic rings. The molecule has 0 aromatic heterocycles. The second kappa shape index (κ2) is 6.35. The zero-order chi connectivity index (χ0) is 13.8. The molecule has 0 aliphatic carbocycles. The number of likely N-dealkylation sites (N-methyl/N-ethyl adjacent to an activating group) is 2. The Balaban J connectivity index is 1.91. The number of rotatable bonds is 5. The smallest absolute Gasteiger partial charge is 0.125 e. The third-order valence-corrected chi connectivity index (χ3v) is 3.86. The van der Waals surface area contributed by atoms with Crippen LogP contribution in [0.4, 0.5) is 10.1 Å². The Morgan fingerprint density at radius 3 is 2.89 bits per heavy atom. The molecule has 1 unspecified atom stereocenters. The molecule has 19 heavy (non-hydrogen) atoms. The lowest BCUT2D eigenvalue weighted by molar-refractivity contribution is 0.194. The monoisotopic (exact) mass is 265 g/mol. The predicted molar refractivity (Wildman–Crippen MR) is 77.4 cm³/mol. The number of hydrogen-bond donors (Lipinski definition) is 1. The Bertz CT molecular complexity index is 402. The van der Waals surface area contributed by atoms with Gasteiger partial charge in [0.25, 0.3) is 0 Å². The van der Waals surface area contributed by atoms with Crippen LogP contribution in [0.1, 0.15) is 25.3 Å². The van der Waals surface area contributed by atoms with Gasteiger partial charge in [-0.1, -0.05) is 6.92 Å². The zero-order valence-corrected chi connectivity index (χ0v) is 11.9. The van der Waals surface area contributed by atoms with E-state index in [1.165, 1.54) is 25.5 Å². The van der Waals surface area contributed by atoms with Crippen molar-refractivity contribution >= 4 is 5.69 Å². The van der Waals surface area contributed by atoms with Gasteiger partial charge >= 0.3 is 0 Å². The summed E-state index contributed by atoms with van der Waals surface area (Å²) in [7, 11) is 2.09. The second-order valence-electron chi connectivity index (χ2n) is 5.51. The van der Waals surface area contributed by atoms with Crippen molar-refractivity contribution in [1.29, 1.82) is 0 Å². The van der Waals surface area contributed by atoms with Crippen LogP contribution in [-0.4, -0.2) is 42.5 Å². The number of likely N-dealkylation sites (tertiary alicyclic amines) is 1. The molecular weight excluding hydrogens is 241 g/mol. The van der Waals surface area contributed by atoms with E-state index >= 15 is 0 Å². The minimum Gasteiger partial charge on any atom is -0.399 e. The van der Waals surface area contributed by atoms with E-state index in [2.05, 4.69) is 23.8 Å². The first kappa shape index (κ1) is 14.3. The summed E-state index contributed by atoms with van der Waals surface area (Å²) < 4.78 is 13.3. The molecule has 4 heteroatoms. The number of nitrogens with zero attached hydrogens (tertiary/aromatic N) is 2. The van der Waals surface area contributed by atoms with Crippen LogP contribution in [0.15, 0.2) is 18.2 Å². The number of nitrogens with two attached hydrogens (primary N) is 1. The van der Waals surface area contributed by atoms with Crippen molar-refractivity contribution in [3.05, 3.63) is 29.6 Å². The lowest BCUT2D eigenvalue weighted by atomic mass is 10.1. The first-order valence-electron chi connectivity index (χ1n) is 7.06. The van der Waals surface area contributed by atoms with Gasteiger partial charge in [0.15, 0.2) is 0 Å². The summed E-state index contributed by atoms with van der Waals surface area (Å²) >= 11 is 0. The summed E-state index contributed by atoms with van der Waals surface area (Å²) in [6.07, 6.45) is 2.56. The Morgan fingerprint density at radius 2 is 2.21 bits per heavy atom. The van der Waals surface area contributed by atoms with Gasteiger partial charge in [0.05, 0.1) is 0 Å². The van der Waals surface area contributed by atoms with Crippen molar-refractivity contribution in [2.75, 3.05) is 32.4 Å². The number of hydrogen-bond acceptors (Lipinski definition) is 3. The molecule has 0 bridgehead atoms. The van der Waals surface area contributed by atoms with Crippen LogP contribution in [0.2, 0.25) is 0 Å². The molecule has 2 N–H and O–H groups in total. The van der Waals surface area contributed by atoms with Crippen molar-refractivity contribution < 1.29 is 4.39 Å². The van der Waals surface area contributed by atoms with Gasteiger partial charge in [0, 0.05) is 24.8 Å². The van der Waals surface area contributed by atoms with Gasteiger partial charge in [-0.15, -0.1) is 0 Å². The van der Waals surface area contributed by atoms with E-state index in [0.29, 0.717) is 11.7 Å². The van der Waals surface area contributed by atoms with E-state index in [1.54, 1.807) is 6.07 Å². The summed E-state index contributed by atoms with van der Waals surface area (Å²) in [6, 6.07) is 5.42. The standard InChI is InChI=1S/C15H24FN3/c1-3-19-6-4-5-15(19)11-18(2)10-12-7-13(16)9-14(17)8-12/h7-9,15H,3-6,10-11,17H2,1-2H3. The molecule has 1 fully saturated rings. The van der Waals surface area contributed by atoms with Crippen LogP contribution >= 0.6 is 0 Å². The molecule has 1 aliphatic heterocycles. The fourth-order valence-corrected chi connectivity index (χ4v) is 3.02. The van der Waals surface area contributed by atoms with Gasteiger partial charge in [-0.2, -0.15) is 0 Å². The Kier molecular flexibility index (Phi) is 4.77. The molecule has 2 rings (SSSR count). The van der Waals surface area contributed by atoms with E-state index in [0.717, 1.165) is 25.2 Å². The van der Waals surface area contributed by atoms with Crippen LogP contribution < -0.4 is 5.73 Å². The van der Waals surface area contributed by atoms with E-state index in [-0.39, 0.29) is 5.82 Å². The number of nitrogen functional groups attached to an aromatic ring is 1. The molecule has 3 nitrogen and oxygen atoms in total. The number of anilines is 1. The highest BCUT2D eigenvalue weighted by Crippen LogP contribution is 2.18. The SMILES string of the molecule is CCN1CCCC1CN(C)Cc1cc(N)cc(F)c1. The van der Waals surface area contributed by atoms with E-state index in [9.17, 15) is 4.39 Å². The molecule has 1 atom stereocenters. The van der Waals surface area contributed by atoms with Crippen LogP contribution in [0.25, 0.3) is 0 Å².